The molecule has 1 saturated carbocycles. The van der Waals surface area contributed by atoms with Crippen molar-refractivity contribution in [3.05, 3.63) is 0 Å². The third-order valence-corrected chi connectivity index (χ3v) is 3.91. The van der Waals surface area contributed by atoms with Crippen molar-refractivity contribution < 1.29 is 5.11 Å². The van der Waals surface area contributed by atoms with Crippen LogP contribution in [0.3, 0.4) is 0 Å². The van der Waals surface area contributed by atoms with E-state index in [0.29, 0.717) is 12.5 Å². The minimum Gasteiger partial charge on any atom is -0.392 e. The minimum atomic E-state index is -0.194. The van der Waals surface area contributed by atoms with E-state index in [9.17, 15) is 5.11 Å². The van der Waals surface area contributed by atoms with Crippen molar-refractivity contribution in [2.45, 2.75) is 64.9 Å². The molecule has 0 aliphatic heterocycles. The van der Waals surface area contributed by atoms with Crippen molar-refractivity contribution in [3.8, 4) is 0 Å². The summed E-state index contributed by atoms with van der Waals surface area (Å²) in [5, 5.41) is 10.3. The average Bonchev–Trinajstić information content (AvgIpc) is 2.42. The first-order valence-corrected chi connectivity index (χ1v) is 6.49. The van der Waals surface area contributed by atoms with Crippen LogP contribution in [0.1, 0.15) is 58.8 Å². The quantitative estimate of drug-likeness (QED) is 0.705. The van der Waals surface area contributed by atoms with Gasteiger partial charge in [-0.2, -0.15) is 0 Å². The summed E-state index contributed by atoms with van der Waals surface area (Å²) in [5.74, 6) is 0.562. The molecule has 1 fully saturated rings. The predicted molar refractivity (Wildman–Crippen MR) is 64.7 cm³/mol. The second kappa shape index (κ2) is 5.86. The monoisotopic (exact) mass is 213 g/mol. The Bertz CT molecular complexity index is 171. The highest BCUT2D eigenvalue weighted by atomic mass is 16.3. The number of rotatable bonds is 4. The number of aliphatic hydroxyl groups is 1. The van der Waals surface area contributed by atoms with E-state index < -0.39 is 0 Å². The van der Waals surface area contributed by atoms with Crippen LogP contribution in [0.2, 0.25) is 0 Å². The number of hydrogen-bond acceptors (Lipinski definition) is 2. The van der Waals surface area contributed by atoms with Crippen LogP contribution in [0, 0.1) is 11.3 Å². The molecule has 1 aliphatic rings. The Balaban J connectivity index is 2.63. The van der Waals surface area contributed by atoms with E-state index in [-0.39, 0.29) is 11.5 Å². The maximum Gasteiger partial charge on any atom is 0.0610 e. The fourth-order valence-corrected chi connectivity index (χ4v) is 2.80. The molecule has 2 heteroatoms. The van der Waals surface area contributed by atoms with Gasteiger partial charge < -0.3 is 10.8 Å². The molecule has 0 aromatic rings. The van der Waals surface area contributed by atoms with Crippen LogP contribution < -0.4 is 5.73 Å². The standard InChI is InChI=1S/C13H27NO/c1-11(2)9-12(15)13(10-14)7-5-3-4-6-8-13/h11-12,15H,3-10,14H2,1-2H3. The summed E-state index contributed by atoms with van der Waals surface area (Å²) in [5.41, 5.74) is 5.95. The molecule has 3 N–H and O–H groups in total. The Kier molecular flexibility index (Phi) is 5.07. The second-order valence-electron chi connectivity index (χ2n) is 5.63. The van der Waals surface area contributed by atoms with Gasteiger partial charge in [-0.15, -0.1) is 0 Å². The molecule has 0 bridgehead atoms. The van der Waals surface area contributed by atoms with Crippen LogP contribution >= 0.6 is 0 Å². The number of aliphatic hydroxyl groups excluding tert-OH is 1. The molecule has 0 aromatic heterocycles. The molecule has 0 heterocycles. The van der Waals surface area contributed by atoms with Gasteiger partial charge in [0.1, 0.15) is 0 Å². The average molecular weight is 213 g/mol. The van der Waals surface area contributed by atoms with E-state index in [2.05, 4.69) is 13.8 Å². The molecule has 0 aromatic carbocycles. The first-order valence-electron chi connectivity index (χ1n) is 6.49. The van der Waals surface area contributed by atoms with E-state index in [1.807, 2.05) is 0 Å². The summed E-state index contributed by atoms with van der Waals surface area (Å²) in [6.07, 6.45) is 8.07. The normalized spacial score (nSPS) is 23.8. The fourth-order valence-electron chi connectivity index (χ4n) is 2.80. The molecule has 0 spiro atoms. The highest BCUT2D eigenvalue weighted by Crippen LogP contribution is 2.39. The molecule has 1 rings (SSSR count). The van der Waals surface area contributed by atoms with E-state index in [4.69, 9.17) is 5.73 Å². The van der Waals surface area contributed by atoms with Crippen molar-refractivity contribution in [2.24, 2.45) is 17.1 Å². The van der Waals surface area contributed by atoms with Gasteiger partial charge in [-0.05, 0) is 25.2 Å². The van der Waals surface area contributed by atoms with Gasteiger partial charge in [0, 0.05) is 12.0 Å². The Labute approximate surface area is 94.2 Å². The molecule has 1 unspecified atom stereocenters. The SMILES string of the molecule is CC(C)CC(O)C1(CN)CCCCCC1. The molecule has 0 radical (unpaired) electrons. The maximum atomic E-state index is 10.3. The van der Waals surface area contributed by atoms with E-state index in [1.165, 1.54) is 25.7 Å². The Morgan fingerprint density at radius 3 is 2.07 bits per heavy atom. The van der Waals surface area contributed by atoms with Crippen LogP contribution in [0.4, 0.5) is 0 Å². The topological polar surface area (TPSA) is 46.2 Å². The Hall–Kier alpha value is -0.0800. The van der Waals surface area contributed by atoms with Crippen molar-refractivity contribution >= 4 is 0 Å². The van der Waals surface area contributed by atoms with Gasteiger partial charge in [0.2, 0.25) is 0 Å². The minimum absolute atomic E-state index is 0.0285. The van der Waals surface area contributed by atoms with E-state index >= 15 is 0 Å². The van der Waals surface area contributed by atoms with Crippen LogP contribution in [0.25, 0.3) is 0 Å². The van der Waals surface area contributed by atoms with Gasteiger partial charge in [0.15, 0.2) is 0 Å². The van der Waals surface area contributed by atoms with Crippen molar-refractivity contribution in [2.75, 3.05) is 6.54 Å². The predicted octanol–water partition coefficient (Wildman–Crippen LogP) is 2.69. The van der Waals surface area contributed by atoms with Gasteiger partial charge in [0.25, 0.3) is 0 Å². The highest BCUT2D eigenvalue weighted by molar-refractivity contribution is 4.89. The fraction of sp³-hybridized carbons (Fsp3) is 1.00. The molecule has 90 valence electrons. The lowest BCUT2D eigenvalue weighted by atomic mass is 9.73. The molecular formula is C13H27NO. The van der Waals surface area contributed by atoms with Gasteiger partial charge >= 0.3 is 0 Å². The molecule has 1 atom stereocenters. The van der Waals surface area contributed by atoms with Crippen LogP contribution in [-0.4, -0.2) is 17.8 Å². The largest absolute Gasteiger partial charge is 0.392 e. The molecular weight excluding hydrogens is 186 g/mol. The Morgan fingerprint density at radius 2 is 1.67 bits per heavy atom. The zero-order valence-electron chi connectivity index (χ0n) is 10.3. The lowest BCUT2D eigenvalue weighted by Gasteiger charge is -2.37. The lowest BCUT2D eigenvalue weighted by molar-refractivity contribution is 0.00401. The summed E-state index contributed by atoms with van der Waals surface area (Å²) in [6.45, 7) is 5.00. The third kappa shape index (κ3) is 3.46. The number of hydrogen-bond donors (Lipinski definition) is 2. The number of nitrogens with two attached hydrogens (primary N) is 1. The summed E-state index contributed by atoms with van der Waals surface area (Å²) >= 11 is 0. The zero-order valence-corrected chi connectivity index (χ0v) is 10.3. The van der Waals surface area contributed by atoms with Gasteiger partial charge in [-0.25, -0.2) is 0 Å². The van der Waals surface area contributed by atoms with E-state index in [1.54, 1.807) is 0 Å². The summed E-state index contributed by atoms with van der Waals surface area (Å²) in [6, 6.07) is 0. The van der Waals surface area contributed by atoms with E-state index in [0.717, 1.165) is 19.3 Å². The summed E-state index contributed by atoms with van der Waals surface area (Å²) in [7, 11) is 0. The summed E-state index contributed by atoms with van der Waals surface area (Å²) < 4.78 is 0. The van der Waals surface area contributed by atoms with Crippen molar-refractivity contribution in [1.29, 1.82) is 0 Å². The molecule has 0 saturated heterocycles. The van der Waals surface area contributed by atoms with Gasteiger partial charge in [-0.3, -0.25) is 0 Å². The van der Waals surface area contributed by atoms with Crippen molar-refractivity contribution in [3.63, 3.8) is 0 Å². The van der Waals surface area contributed by atoms with Crippen LogP contribution in [-0.2, 0) is 0 Å². The van der Waals surface area contributed by atoms with Crippen LogP contribution in [0.5, 0.6) is 0 Å². The first kappa shape index (κ1) is 13.0. The smallest absolute Gasteiger partial charge is 0.0610 e. The highest BCUT2D eigenvalue weighted by Gasteiger charge is 2.36. The summed E-state index contributed by atoms with van der Waals surface area (Å²) in [4.78, 5) is 0. The zero-order chi connectivity index (χ0) is 11.3. The van der Waals surface area contributed by atoms with Gasteiger partial charge in [0.05, 0.1) is 6.10 Å². The molecule has 15 heavy (non-hydrogen) atoms. The molecule has 2 nitrogen and oxygen atoms in total. The lowest BCUT2D eigenvalue weighted by Crippen LogP contribution is -2.42. The van der Waals surface area contributed by atoms with Gasteiger partial charge in [-0.1, -0.05) is 39.5 Å². The first-order chi connectivity index (χ1) is 7.10. The molecule has 1 aliphatic carbocycles. The molecule has 0 amide bonds. The Morgan fingerprint density at radius 1 is 1.13 bits per heavy atom. The van der Waals surface area contributed by atoms with Crippen molar-refractivity contribution in [1.82, 2.24) is 0 Å². The van der Waals surface area contributed by atoms with Crippen LogP contribution in [0.15, 0.2) is 0 Å². The second-order valence-corrected chi connectivity index (χ2v) is 5.63. The maximum absolute atomic E-state index is 10.3. The third-order valence-electron chi connectivity index (χ3n) is 3.91.